The summed E-state index contributed by atoms with van der Waals surface area (Å²) in [4.78, 5) is 20.5. The molecule has 3 fully saturated rings. The zero-order valence-corrected chi connectivity index (χ0v) is 31.1. The number of morpholine rings is 1. The fourth-order valence-corrected chi connectivity index (χ4v) is 9.15. The molecule has 3 saturated heterocycles. The lowest BCUT2D eigenvalue weighted by Gasteiger charge is -2.49. The molecule has 0 aliphatic carbocycles. The van der Waals surface area contributed by atoms with Crippen molar-refractivity contribution in [2.45, 2.75) is 174 Å². The maximum absolute atomic E-state index is 5.65. The molecule has 0 aromatic carbocycles. The molecule has 45 heavy (non-hydrogen) atoms. The van der Waals surface area contributed by atoms with Crippen molar-refractivity contribution < 1.29 is 4.74 Å². The Bertz CT molecular complexity index is 1050. The van der Waals surface area contributed by atoms with Gasteiger partial charge in [0.1, 0.15) is 11.6 Å². The molecule has 0 radical (unpaired) electrons. The monoisotopic (exact) mass is 628 g/mol. The molecule has 1 aromatic rings. The fourth-order valence-electron chi connectivity index (χ4n) is 9.15. The van der Waals surface area contributed by atoms with Gasteiger partial charge in [0.15, 0.2) is 0 Å². The van der Waals surface area contributed by atoms with E-state index in [1.165, 1.54) is 45.1 Å². The molecule has 3 aliphatic heterocycles. The van der Waals surface area contributed by atoms with E-state index in [0.717, 1.165) is 69.7 Å². The minimum atomic E-state index is 0.0903. The van der Waals surface area contributed by atoms with Crippen molar-refractivity contribution >= 4 is 5.95 Å². The minimum absolute atomic E-state index is 0.0903. The second kappa shape index (κ2) is 14.8. The van der Waals surface area contributed by atoms with Gasteiger partial charge in [-0.15, -0.1) is 0 Å². The van der Waals surface area contributed by atoms with Crippen LogP contribution in [0.4, 0.5) is 5.95 Å². The Morgan fingerprint density at radius 1 is 0.756 bits per heavy atom. The molecule has 1 atom stereocenters. The number of aromatic nitrogens is 3. The number of hydrogen-bond donors (Lipinski definition) is 2. The van der Waals surface area contributed by atoms with Crippen LogP contribution in [-0.2, 0) is 4.74 Å². The third-order valence-electron chi connectivity index (χ3n) is 10.4. The molecular weight excluding hydrogens is 558 g/mol. The van der Waals surface area contributed by atoms with Gasteiger partial charge in [-0.25, -0.2) is 4.98 Å². The van der Waals surface area contributed by atoms with Crippen LogP contribution in [0.2, 0.25) is 0 Å². The van der Waals surface area contributed by atoms with Crippen LogP contribution in [0, 0.1) is 5.92 Å². The van der Waals surface area contributed by atoms with Crippen LogP contribution >= 0.6 is 0 Å². The van der Waals surface area contributed by atoms with Crippen molar-refractivity contribution in [1.29, 1.82) is 0 Å². The highest BCUT2D eigenvalue weighted by molar-refractivity contribution is 5.31. The van der Waals surface area contributed by atoms with Crippen molar-refractivity contribution in [2.75, 3.05) is 44.3 Å². The van der Waals surface area contributed by atoms with Gasteiger partial charge >= 0.3 is 0 Å². The van der Waals surface area contributed by atoms with Gasteiger partial charge in [0.2, 0.25) is 5.95 Å². The number of rotatable bonds is 13. The number of anilines is 1. The average molecular weight is 628 g/mol. The van der Waals surface area contributed by atoms with Gasteiger partial charge in [-0.1, -0.05) is 40.0 Å². The quantitative estimate of drug-likeness (QED) is 0.225. The number of nitrogens with zero attached hydrogens (tertiary/aromatic N) is 5. The molecule has 3 aliphatic rings. The van der Waals surface area contributed by atoms with Crippen molar-refractivity contribution in [3.8, 4) is 0 Å². The Labute approximate surface area is 276 Å². The lowest BCUT2D eigenvalue weighted by molar-refractivity contribution is 0.0680. The molecule has 0 spiro atoms. The highest BCUT2D eigenvalue weighted by Gasteiger charge is 2.42. The molecule has 4 heterocycles. The van der Waals surface area contributed by atoms with Gasteiger partial charge in [-0.3, -0.25) is 0 Å². The SMILES string of the molecule is CCN(CCCCCCC(c1nc(C(C)C)nc(N2CCOCC2)n1)C1CC(C)(C)NC(C)(C)C1)C1CC(C)(C)NC(C)(C)C1. The molecule has 2 N–H and O–H groups in total. The van der Waals surface area contributed by atoms with Crippen LogP contribution in [0.3, 0.4) is 0 Å². The van der Waals surface area contributed by atoms with E-state index in [9.17, 15) is 0 Å². The first-order chi connectivity index (χ1) is 21.0. The predicted octanol–water partition coefficient (Wildman–Crippen LogP) is 7.05. The van der Waals surface area contributed by atoms with E-state index in [-0.39, 0.29) is 28.1 Å². The van der Waals surface area contributed by atoms with E-state index < -0.39 is 0 Å². The summed E-state index contributed by atoms with van der Waals surface area (Å²) in [7, 11) is 0. The molecule has 0 saturated carbocycles. The maximum atomic E-state index is 5.65. The third-order valence-corrected chi connectivity index (χ3v) is 10.4. The summed E-state index contributed by atoms with van der Waals surface area (Å²) in [6, 6.07) is 0.664. The first-order valence-electron chi connectivity index (χ1n) is 18.4. The zero-order chi connectivity index (χ0) is 33.0. The maximum Gasteiger partial charge on any atom is 0.229 e. The largest absolute Gasteiger partial charge is 0.378 e. The van der Waals surface area contributed by atoms with E-state index in [0.29, 0.717) is 17.9 Å². The van der Waals surface area contributed by atoms with E-state index in [2.05, 4.69) is 96.6 Å². The van der Waals surface area contributed by atoms with E-state index in [1.807, 2.05) is 0 Å². The second-order valence-corrected chi connectivity index (χ2v) is 17.6. The van der Waals surface area contributed by atoms with Gasteiger partial charge in [-0.2, -0.15) is 9.97 Å². The van der Waals surface area contributed by atoms with Gasteiger partial charge < -0.3 is 25.2 Å². The first kappa shape index (κ1) is 36.5. The minimum Gasteiger partial charge on any atom is -0.378 e. The molecule has 8 nitrogen and oxygen atoms in total. The molecule has 258 valence electrons. The first-order valence-corrected chi connectivity index (χ1v) is 18.4. The third kappa shape index (κ3) is 10.6. The number of ether oxygens (including phenoxy) is 1. The van der Waals surface area contributed by atoms with Crippen LogP contribution in [0.5, 0.6) is 0 Å². The van der Waals surface area contributed by atoms with Crippen LogP contribution < -0.4 is 15.5 Å². The number of piperidine rings is 2. The Hall–Kier alpha value is -1.35. The summed E-state index contributed by atoms with van der Waals surface area (Å²) >= 11 is 0. The number of nitrogens with one attached hydrogen (secondary N) is 2. The summed E-state index contributed by atoms with van der Waals surface area (Å²) in [6.07, 6.45) is 11.0. The highest BCUT2D eigenvalue weighted by atomic mass is 16.5. The molecule has 1 unspecified atom stereocenters. The molecule has 1 aromatic heterocycles. The highest BCUT2D eigenvalue weighted by Crippen LogP contribution is 2.43. The summed E-state index contributed by atoms with van der Waals surface area (Å²) < 4.78 is 5.65. The van der Waals surface area contributed by atoms with E-state index >= 15 is 0 Å². The van der Waals surface area contributed by atoms with Crippen LogP contribution in [0.15, 0.2) is 0 Å². The molecular formula is C37H69N7O. The van der Waals surface area contributed by atoms with Crippen molar-refractivity contribution in [3.63, 3.8) is 0 Å². The van der Waals surface area contributed by atoms with Crippen LogP contribution in [0.25, 0.3) is 0 Å². The normalized spacial score (nSPS) is 24.3. The Kier molecular flexibility index (Phi) is 12.0. The predicted molar refractivity (Wildman–Crippen MR) is 188 cm³/mol. The van der Waals surface area contributed by atoms with Gasteiger partial charge in [0.05, 0.1) is 13.2 Å². The number of unbranched alkanes of at least 4 members (excludes halogenated alkanes) is 3. The summed E-state index contributed by atoms with van der Waals surface area (Å²) in [5, 5.41) is 7.78. The lowest BCUT2D eigenvalue weighted by atomic mass is 9.69. The average Bonchev–Trinajstić information content (AvgIpc) is 2.91. The van der Waals surface area contributed by atoms with Crippen molar-refractivity contribution in [2.24, 2.45) is 5.92 Å². The Balaban J connectivity index is 1.44. The van der Waals surface area contributed by atoms with Crippen LogP contribution in [-0.4, -0.2) is 87.4 Å². The van der Waals surface area contributed by atoms with Gasteiger partial charge in [-0.05, 0) is 113 Å². The summed E-state index contributed by atoms with van der Waals surface area (Å²) in [5.41, 5.74) is 0.567. The standard InChI is InChI=1S/C37H69N7O/c1-12-43(29-25-36(8,9)42-37(10,11)26-29)18-16-14-13-15-17-30(28-23-34(4,5)41-35(6,7)24-28)32-38-31(27(2)3)39-33(40-32)44-19-21-45-22-20-44/h27-30,41-42H,12-26H2,1-11H3. The topological polar surface area (TPSA) is 78.4 Å². The Morgan fingerprint density at radius 3 is 1.84 bits per heavy atom. The van der Waals surface area contributed by atoms with Crippen LogP contribution in [0.1, 0.15) is 157 Å². The smallest absolute Gasteiger partial charge is 0.229 e. The second-order valence-electron chi connectivity index (χ2n) is 17.6. The van der Waals surface area contributed by atoms with E-state index in [1.54, 1.807) is 0 Å². The molecule has 0 bridgehead atoms. The fraction of sp³-hybridized carbons (Fsp3) is 0.919. The Morgan fingerprint density at radius 2 is 1.29 bits per heavy atom. The van der Waals surface area contributed by atoms with Crippen molar-refractivity contribution in [1.82, 2.24) is 30.5 Å². The summed E-state index contributed by atoms with van der Waals surface area (Å²) in [5.74, 6) is 3.97. The zero-order valence-electron chi connectivity index (χ0n) is 31.1. The van der Waals surface area contributed by atoms with Gasteiger partial charge in [0, 0.05) is 53.1 Å². The van der Waals surface area contributed by atoms with Gasteiger partial charge in [0.25, 0.3) is 0 Å². The summed E-state index contributed by atoms with van der Waals surface area (Å²) in [6.45, 7) is 31.2. The van der Waals surface area contributed by atoms with E-state index in [4.69, 9.17) is 19.7 Å². The molecule has 4 rings (SSSR count). The number of hydrogen-bond acceptors (Lipinski definition) is 8. The molecule has 0 amide bonds. The molecule has 8 heteroatoms. The van der Waals surface area contributed by atoms with Crippen molar-refractivity contribution in [3.05, 3.63) is 11.6 Å². The lowest BCUT2D eigenvalue weighted by Crippen LogP contribution is -2.62.